The number of aryl methyl sites for hydroxylation is 2. The van der Waals surface area contributed by atoms with Crippen LogP contribution in [-0.2, 0) is 5.60 Å². The van der Waals surface area contributed by atoms with Crippen molar-refractivity contribution in [1.82, 2.24) is 0 Å². The third kappa shape index (κ3) is 2.09. The van der Waals surface area contributed by atoms with E-state index in [2.05, 4.69) is 6.07 Å². The van der Waals surface area contributed by atoms with Crippen molar-refractivity contribution in [1.29, 1.82) is 0 Å². The van der Waals surface area contributed by atoms with Crippen molar-refractivity contribution < 1.29 is 9.52 Å². The van der Waals surface area contributed by atoms with Crippen LogP contribution in [0.5, 0.6) is 0 Å². The summed E-state index contributed by atoms with van der Waals surface area (Å²) in [5.41, 5.74) is 0.923. The number of thiophene rings is 1. The standard InChI is InChI=1S/C16H16O2S/c1-10-4-6-13-12(8-10)9-14(18-13)16(3,17)15-7-5-11(2)19-15/h4-9,17H,1-3H3. The molecule has 98 valence electrons. The van der Waals surface area contributed by atoms with Crippen molar-refractivity contribution in [2.75, 3.05) is 0 Å². The number of hydrogen-bond acceptors (Lipinski definition) is 3. The van der Waals surface area contributed by atoms with E-state index in [-0.39, 0.29) is 0 Å². The molecule has 2 nitrogen and oxygen atoms in total. The van der Waals surface area contributed by atoms with Gasteiger partial charge >= 0.3 is 0 Å². The van der Waals surface area contributed by atoms with Crippen LogP contribution in [0.1, 0.15) is 28.0 Å². The smallest absolute Gasteiger partial charge is 0.153 e. The molecule has 2 heterocycles. The van der Waals surface area contributed by atoms with E-state index in [9.17, 15) is 5.11 Å². The lowest BCUT2D eigenvalue weighted by Gasteiger charge is -2.18. The minimum atomic E-state index is -1.08. The van der Waals surface area contributed by atoms with Crippen molar-refractivity contribution in [3.63, 3.8) is 0 Å². The molecule has 1 aromatic carbocycles. The molecule has 1 atom stereocenters. The van der Waals surface area contributed by atoms with Gasteiger partial charge < -0.3 is 9.52 Å². The van der Waals surface area contributed by atoms with Crippen LogP contribution in [0, 0.1) is 13.8 Å². The predicted molar refractivity (Wildman–Crippen MR) is 78.7 cm³/mol. The maximum Gasteiger partial charge on any atom is 0.153 e. The van der Waals surface area contributed by atoms with Gasteiger partial charge in [-0.25, -0.2) is 0 Å². The quantitative estimate of drug-likeness (QED) is 0.751. The van der Waals surface area contributed by atoms with E-state index in [0.29, 0.717) is 5.76 Å². The Labute approximate surface area is 116 Å². The van der Waals surface area contributed by atoms with Gasteiger partial charge in [0.1, 0.15) is 11.3 Å². The van der Waals surface area contributed by atoms with Crippen molar-refractivity contribution in [2.24, 2.45) is 0 Å². The van der Waals surface area contributed by atoms with Crippen molar-refractivity contribution in [2.45, 2.75) is 26.4 Å². The molecule has 0 saturated heterocycles. The fourth-order valence-electron chi connectivity index (χ4n) is 2.22. The Hall–Kier alpha value is -1.58. The molecule has 2 aromatic heterocycles. The largest absolute Gasteiger partial charge is 0.458 e. The highest BCUT2D eigenvalue weighted by molar-refractivity contribution is 7.12. The van der Waals surface area contributed by atoms with Crippen LogP contribution >= 0.6 is 11.3 Å². The first kappa shape index (κ1) is 12.5. The van der Waals surface area contributed by atoms with E-state index >= 15 is 0 Å². The number of fused-ring (bicyclic) bond motifs is 1. The summed E-state index contributed by atoms with van der Waals surface area (Å²) in [6.07, 6.45) is 0. The van der Waals surface area contributed by atoms with Gasteiger partial charge in [-0.05, 0) is 51.1 Å². The van der Waals surface area contributed by atoms with Crippen LogP contribution in [0.3, 0.4) is 0 Å². The van der Waals surface area contributed by atoms with Gasteiger partial charge in [-0.15, -0.1) is 11.3 Å². The first-order chi connectivity index (χ1) is 8.96. The van der Waals surface area contributed by atoms with Crippen molar-refractivity contribution in [3.8, 4) is 0 Å². The summed E-state index contributed by atoms with van der Waals surface area (Å²) >= 11 is 1.59. The first-order valence-corrected chi connectivity index (χ1v) is 7.08. The number of benzene rings is 1. The molecule has 1 N–H and O–H groups in total. The monoisotopic (exact) mass is 272 g/mol. The lowest BCUT2D eigenvalue weighted by molar-refractivity contribution is 0.0824. The fraction of sp³-hybridized carbons (Fsp3) is 0.250. The van der Waals surface area contributed by atoms with Gasteiger partial charge in [0.15, 0.2) is 5.60 Å². The van der Waals surface area contributed by atoms with E-state index in [1.54, 1.807) is 18.3 Å². The van der Waals surface area contributed by atoms with Gasteiger partial charge in [0.25, 0.3) is 0 Å². The molecule has 0 aliphatic rings. The van der Waals surface area contributed by atoms with E-state index in [1.807, 2.05) is 44.2 Å². The van der Waals surface area contributed by atoms with E-state index in [0.717, 1.165) is 15.8 Å². The van der Waals surface area contributed by atoms with Crippen molar-refractivity contribution >= 4 is 22.3 Å². The second kappa shape index (κ2) is 4.22. The van der Waals surface area contributed by atoms with Gasteiger partial charge in [0.05, 0.1) is 0 Å². The molecule has 3 rings (SSSR count). The highest BCUT2D eigenvalue weighted by atomic mass is 32.1. The number of hydrogen-bond donors (Lipinski definition) is 1. The van der Waals surface area contributed by atoms with Gasteiger partial charge in [0.2, 0.25) is 0 Å². The SMILES string of the molecule is Cc1ccc2oc(C(C)(O)c3ccc(C)s3)cc2c1. The molecule has 3 aromatic rings. The Balaban J connectivity index is 2.12. The summed E-state index contributed by atoms with van der Waals surface area (Å²) in [7, 11) is 0. The number of aliphatic hydroxyl groups is 1. The van der Waals surface area contributed by atoms with E-state index in [1.165, 1.54) is 10.4 Å². The molecule has 0 aliphatic carbocycles. The Morgan fingerprint density at radius 1 is 1.11 bits per heavy atom. The molecule has 0 bridgehead atoms. The summed E-state index contributed by atoms with van der Waals surface area (Å²) in [4.78, 5) is 2.09. The van der Waals surface area contributed by atoms with Crippen LogP contribution in [-0.4, -0.2) is 5.11 Å². The zero-order valence-corrected chi connectivity index (χ0v) is 12.0. The molecular formula is C16H16O2S. The summed E-state index contributed by atoms with van der Waals surface area (Å²) < 4.78 is 5.81. The van der Waals surface area contributed by atoms with E-state index in [4.69, 9.17) is 4.42 Å². The van der Waals surface area contributed by atoms with Crippen LogP contribution in [0.15, 0.2) is 40.8 Å². The van der Waals surface area contributed by atoms with Crippen LogP contribution in [0.2, 0.25) is 0 Å². The van der Waals surface area contributed by atoms with Crippen LogP contribution < -0.4 is 0 Å². The van der Waals surface area contributed by atoms with Gasteiger partial charge in [-0.3, -0.25) is 0 Å². The molecule has 1 unspecified atom stereocenters. The highest BCUT2D eigenvalue weighted by Crippen LogP contribution is 2.36. The maximum atomic E-state index is 10.8. The zero-order valence-electron chi connectivity index (χ0n) is 11.2. The molecule has 3 heteroatoms. The average Bonchev–Trinajstić information content (AvgIpc) is 2.95. The summed E-state index contributed by atoms with van der Waals surface area (Å²) in [5.74, 6) is 0.593. The molecule has 19 heavy (non-hydrogen) atoms. The Morgan fingerprint density at radius 2 is 1.89 bits per heavy atom. The topological polar surface area (TPSA) is 33.4 Å². The average molecular weight is 272 g/mol. The van der Waals surface area contributed by atoms with Gasteiger partial charge in [-0.2, -0.15) is 0 Å². The fourth-order valence-corrected chi connectivity index (χ4v) is 3.14. The Morgan fingerprint density at radius 3 is 2.58 bits per heavy atom. The molecule has 0 spiro atoms. The third-order valence-corrected chi connectivity index (χ3v) is 4.58. The molecular weight excluding hydrogens is 256 g/mol. The second-order valence-electron chi connectivity index (χ2n) is 5.13. The summed E-state index contributed by atoms with van der Waals surface area (Å²) in [5, 5.41) is 11.8. The van der Waals surface area contributed by atoms with Gasteiger partial charge in [-0.1, -0.05) is 11.6 Å². The maximum absolute atomic E-state index is 10.8. The lowest BCUT2D eigenvalue weighted by Crippen LogP contribution is -2.20. The first-order valence-electron chi connectivity index (χ1n) is 6.27. The number of rotatable bonds is 2. The molecule has 0 radical (unpaired) electrons. The normalized spacial score (nSPS) is 14.7. The lowest BCUT2D eigenvalue weighted by atomic mass is 10.0. The zero-order chi connectivity index (χ0) is 13.6. The minimum absolute atomic E-state index is 0.593. The molecule has 0 aliphatic heterocycles. The molecule has 0 amide bonds. The van der Waals surface area contributed by atoms with Gasteiger partial charge in [0, 0.05) is 15.1 Å². The van der Waals surface area contributed by atoms with E-state index < -0.39 is 5.60 Å². The summed E-state index contributed by atoms with van der Waals surface area (Å²) in [6.45, 7) is 5.86. The van der Waals surface area contributed by atoms with Crippen molar-refractivity contribution in [3.05, 3.63) is 57.5 Å². The highest BCUT2D eigenvalue weighted by Gasteiger charge is 2.31. The Kier molecular flexibility index (Phi) is 2.77. The predicted octanol–water partition coefficient (Wildman–Crippen LogP) is 4.37. The Bertz CT molecular complexity index is 734. The second-order valence-corrected chi connectivity index (χ2v) is 6.42. The molecule has 0 saturated carbocycles. The minimum Gasteiger partial charge on any atom is -0.458 e. The van der Waals surface area contributed by atoms with Crippen LogP contribution in [0.25, 0.3) is 11.0 Å². The third-order valence-electron chi connectivity index (χ3n) is 3.37. The summed E-state index contributed by atoms with van der Waals surface area (Å²) in [6, 6.07) is 11.9. The van der Waals surface area contributed by atoms with Crippen LogP contribution in [0.4, 0.5) is 0 Å². The molecule has 0 fully saturated rings. The number of furan rings is 1.